The van der Waals surface area contributed by atoms with Crippen molar-refractivity contribution in [2.24, 2.45) is 7.05 Å². The molecule has 1 aromatic heterocycles. The minimum Gasteiger partial charge on any atom is -0.482 e. The lowest BCUT2D eigenvalue weighted by Crippen LogP contribution is -2.40. The number of benzene rings is 1. The predicted molar refractivity (Wildman–Crippen MR) is 78.7 cm³/mol. The Balaban J connectivity index is 1.92. The predicted octanol–water partition coefficient (Wildman–Crippen LogP) is 1.29. The molecule has 3 rings (SSSR count). The Hall–Kier alpha value is -2.83. The van der Waals surface area contributed by atoms with Crippen LogP contribution in [0.4, 0.5) is 5.69 Å². The van der Waals surface area contributed by atoms with E-state index >= 15 is 0 Å². The highest BCUT2D eigenvalue weighted by atomic mass is 16.5. The summed E-state index contributed by atoms with van der Waals surface area (Å²) in [5.74, 6) is -0.595. The van der Waals surface area contributed by atoms with E-state index in [9.17, 15) is 9.59 Å². The molecule has 1 amide bonds. The molecule has 0 radical (unpaired) electrons. The summed E-state index contributed by atoms with van der Waals surface area (Å²) in [7, 11) is 1.84. The SMILES string of the molecule is Cn1cc(-c2ccc3c(c2)OCC(=O)N3CCC(=O)O)cn1. The number of aryl methyl sites for hydroxylation is 1. The largest absolute Gasteiger partial charge is 0.482 e. The molecule has 0 fully saturated rings. The van der Waals surface area contributed by atoms with E-state index in [1.807, 2.05) is 25.4 Å². The van der Waals surface area contributed by atoms with Gasteiger partial charge in [0.15, 0.2) is 6.61 Å². The lowest BCUT2D eigenvalue weighted by Gasteiger charge is -2.29. The highest BCUT2D eigenvalue weighted by molar-refractivity contribution is 5.98. The quantitative estimate of drug-likeness (QED) is 0.919. The van der Waals surface area contributed by atoms with Gasteiger partial charge < -0.3 is 14.7 Å². The molecule has 7 nitrogen and oxygen atoms in total. The fraction of sp³-hybridized carbons (Fsp3) is 0.267. The topological polar surface area (TPSA) is 84.7 Å². The molecular formula is C15H15N3O4. The van der Waals surface area contributed by atoms with Crippen molar-refractivity contribution in [3.63, 3.8) is 0 Å². The number of rotatable bonds is 4. The van der Waals surface area contributed by atoms with Crippen LogP contribution in [0.5, 0.6) is 5.75 Å². The van der Waals surface area contributed by atoms with Crippen LogP contribution < -0.4 is 9.64 Å². The van der Waals surface area contributed by atoms with Crippen LogP contribution in [-0.2, 0) is 16.6 Å². The van der Waals surface area contributed by atoms with Crippen LogP contribution in [-0.4, -0.2) is 39.9 Å². The van der Waals surface area contributed by atoms with E-state index in [1.54, 1.807) is 16.9 Å². The number of aliphatic carboxylic acids is 1. The second-order valence-electron chi connectivity index (χ2n) is 5.06. The standard InChI is InChI=1S/C15H15N3O4/c1-17-8-11(7-16-17)10-2-3-12-13(6-10)22-9-14(19)18(12)5-4-15(20)21/h2-3,6-8H,4-5,9H2,1H3,(H,20,21). The first-order valence-electron chi connectivity index (χ1n) is 6.82. The van der Waals surface area contributed by atoms with Gasteiger partial charge in [-0.15, -0.1) is 0 Å². The number of anilines is 1. The van der Waals surface area contributed by atoms with Crippen molar-refractivity contribution in [3.8, 4) is 16.9 Å². The van der Waals surface area contributed by atoms with Crippen LogP contribution in [0.3, 0.4) is 0 Å². The number of hydrogen-bond acceptors (Lipinski definition) is 4. The van der Waals surface area contributed by atoms with Crippen molar-refractivity contribution in [2.45, 2.75) is 6.42 Å². The fourth-order valence-electron chi connectivity index (χ4n) is 2.41. The van der Waals surface area contributed by atoms with E-state index in [1.165, 1.54) is 4.90 Å². The molecule has 7 heteroatoms. The summed E-state index contributed by atoms with van der Waals surface area (Å²) >= 11 is 0. The summed E-state index contributed by atoms with van der Waals surface area (Å²) in [5.41, 5.74) is 2.48. The molecule has 0 saturated heterocycles. The molecule has 2 heterocycles. The van der Waals surface area contributed by atoms with Gasteiger partial charge in [0.25, 0.3) is 5.91 Å². The third kappa shape index (κ3) is 2.65. The first-order valence-corrected chi connectivity index (χ1v) is 6.82. The Kier molecular flexibility index (Phi) is 3.54. The van der Waals surface area contributed by atoms with E-state index in [0.717, 1.165) is 11.1 Å². The van der Waals surface area contributed by atoms with Gasteiger partial charge in [-0.3, -0.25) is 14.3 Å². The number of amides is 1. The zero-order chi connectivity index (χ0) is 15.7. The van der Waals surface area contributed by atoms with Crippen molar-refractivity contribution in [2.75, 3.05) is 18.1 Å². The van der Waals surface area contributed by atoms with Crippen molar-refractivity contribution in [3.05, 3.63) is 30.6 Å². The molecule has 1 aromatic carbocycles. The molecule has 22 heavy (non-hydrogen) atoms. The Morgan fingerprint density at radius 2 is 2.23 bits per heavy atom. The van der Waals surface area contributed by atoms with Crippen molar-refractivity contribution < 1.29 is 19.4 Å². The molecule has 0 atom stereocenters. The van der Waals surface area contributed by atoms with Crippen molar-refractivity contribution >= 4 is 17.6 Å². The second-order valence-corrected chi connectivity index (χ2v) is 5.06. The number of nitrogens with zero attached hydrogens (tertiary/aromatic N) is 3. The lowest BCUT2D eigenvalue weighted by atomic mass is 10.1. The van der Waals surface area contributed by atoms with Crippen LogP contribution in [0.25, 0.3) is 11.1 Å². The molecular weight excluding hydrogens is 286 g/mol. The monoisotopic (exact) mass is 301 g/mol. The van der Waals surface area contributed by atoms with Crippen molar-refractivity contribution in [1.82, 2.24) is 9.78 Å². The lowest BCUT2D eigenvalue weighted by molar-refractivity contribution is -0.136. The normalized spacial score (nSPS) is 13.7. The first-order chi connectivity index (χ1) is 10.5. The molecule has 2 aromatic rings. The number of carboxylic acid groups (broad SMARTS) is 1. The molecule has 0 spiro atoms. The molecule has 1 aliphatic heterocycles. The summed E-state index contributed by atoms with van der Waals surface area (Å²) in [5, 5.41) is 12.9. The Labute approximate surface area is 126 Å². The van der Waals surface area contributed by atoms with Crippen LogP contribution >= 0.6 is 0 Å². The van der Waals surface area contributed by atoms with Gasteiger partial charge in [0.05, 0.1) is 18.3 Å². The zero-order valence-corrected chi connectivity index (χ0v) is 12.0. The Morgan fingerprint density at radius 3 is 2.91 bits per heavy atom. The summed E-state index contributed by atoms with van der Waals surface area (Å²) in [6.45, 7) is 0.0554. The minimum absolute atomic E-state index is 0.0802. The number of carbonyl (C=O) groups is 2. The number of ether oxygens (including phenoxy) is 1. The summed E-state index contributed by atoms with van der Waals surface area (Å²) in [6, 6.07) is 5.48. The van der Waals surface area contributed by atoms with E-state index in [-0.39, 0.29) is 25.5 Å². The third-order valence-electron chi connectivity index (χ3n) is 3.49. The molecule has 114 valence electrons. The fourth-order valence-corrected chi connectivity index (χ4v) is 2.41. The van der Waals surface area contributed by atoms with Gasteiger partial charge in [0.2, 0.25) is 0 Å². The minimum atomic E-state index is -0.937. The average molecular weight is 301 g/mol. The van der Waals surface area contributed by atoms with Gasteiger partial charge in [0.1, 0.15) is 5.75 Å². The first kappa shape index (κ1) is 14.1. The van der Waals surface area contributed by atoms with E-state index in [4.69, 9.17) is 9.84 Å². The van der Waals surface area contributed by atoms with Gasteiger partial charge in [-0.05, 0) is 17.7 Å². The number of carboxylic acids is 1. The van der Waals surface area contributed by atoms with Crippen LogP contribution in [0.1, 0.15) is 6.42 Å². The van der Waals surface area contributed by atoms with Gasteiger partial charge in [-0.1, -0.05) is 6.07 Å². The smallest absolute Gasteiger partial charge is 0.305 e. The van der Waals surface area contributed by atoms with Crippen LogP contribution in [0, 0.1) is 0 Å². The zero-order valence-electron chi connectivity index (χ0n) is 12.0. The van der Waals surface area contributed by atoms with E-state index in [0.29, 0.717) is 11.4 Å². The Bertz CT molecular complexity index is 738. The molecule has 0 bridgehead atoms. The molecule has 0 aliphatic carbocycles. The average Bonchev–Trinajstić information content (AvgIpc) is 2.92. The van der Waals surface area contributed by atoms with Gasteiger partial charge in [-0.25, -0.2) is 0 Å². The van der Waals surface area contributed by atoms with E-state index < -0.39 is 5.97 Å². The molecule has 1 N–H and O–H groups in total. The number of aromatic nitrogens is 2. The summed E-state index contributed by atoms with van der Waals surface area (Å²) in [4.78, 5) is 24.1. The highest BCUT2D eigenvalue weighted by Crippen LogP contribution is 2.35. The Morgan fingerprint density at radius 1 is 1.41 bits per heavy atom. The number of fused-ring (bicyclic) bond motifs is 1. The maximum Gasteiger partial charge on any atom is 0.305 e. The van der Waals surface area contributed by atoms with Crippen LogP contribution in [0.2, 0.25) is 0 Å². The maximum absolute atomic E-state index is 11.9. The molecule has 1 aliphatic rings. The second kappa shape index (κ2) is 5.51. The van der Waals surface area contributed by atoms with Gasteiger partial charge >= 0.3 is 5.97 Å². The number of carbonyl (C=O) groups excluding carboxylic acids is 1. The summed E-state index contributed by atoms with van der Waals surface area (Å²) in [6.07, 6.45) is 3.53. The molecule has 0 saturated carbocycles. The third-order valence-corrected chi connectivity index (χ3v) is 3.49. The highest BCUT2D eigenvalue weighted by Gasteiger charge is 2.26. The maximum atomic E-state index is 11.9. The van der Waals surface area contributed by atoms with Crippen molar-refractivity contribution in [1.29, 1.82) is 0 Å². The summed E-state index contributed by atoms with van der Waals surface area (Å²) < 4.78 is 7.18. The van der Waals surface area contributed by atoms with Gasteiger partial charge in [-0.2, -0.15) is 5.10 Å². The molecule has 0 unspecified atom stereocenters. The van der Waals surface area contributed by atoms with Crippen LogP contribution in [0.15, 0.2) is 30.6 Å². The van der Waals surface area contributed by atoms with E-state index in [2.05, 4.69) is 5.10 Å². The van der Waals surface area contributed by atoms with Gasteiger partial charge in [0, 0.05) is 25.4 Å². The number of hydrogen-bond donors (Lipinski definition) is 1.